The summed E-state index contributed by atoms with van der Waals surface area (Å²) in [5, 5.41) is 6.08. The summed E-state index contributed by atoms with van der Waals surface area (Å²) in [6, 6.07) is 5.02. The molecule has 130 valence electrons. The van der Waals surface area contributed by atoms with Gasteiger partial charge in [0.05, 0.1) is 5.69 Å². The summed E-state index contributed by atoms with van der Waals surface area (Å²) in [5.74, 6) is -0.416. The molecule has 0 aromatic heterocycles. The predicted molar refractivity (Wildman–Crippen MR) is 96.6 cm³/mol. The van der Waals surface area contributed by atoms with E-state index in [9.17, 15) is 9.18 Å². The van der Waals surface area contributed by atoms with Crippen molar-refractivity contribution in [2.75, 3.05) is 36.4 Å². The zero-order valence-corrected chi connectivity index (χ0v) is 14.6. The minimum atomic E-state index is -0.346. The van der Waals surface area contributed by atoms with Gasteiger partial charge in [-0.2, -0.15) is 0 Å². The SMILES string of the molecule is Cl.Cl.O=C(Nc1c(F)cccc1N1CCCC1)C1CCNCC1. The van der Waals surface area contributed by atoms with Gasteiger partial charge in [-0.3, -0.25) is 4.79 Å². The molecule has 2 aliphatic heterocycles. The maximum Gasteiger partial charge on any atom is 0.227 e. The summed E-state index contributed by atoms with van der Waals surface area (Å²) in [6.07, 6.45) is 3.88. The largest absolute Gasteiger partial charge is 0.370 e. The van der Waals surface area contributed by atoms with Crippen molar-refractivity contribution in [3.05, 3.63) is 24.0 Å². The first-order valence-electron chi connectivity index (χ1n) is 7.81. The molecule has 1 aromatic carbocycles. The van der Waals surface area contributed by atoms with Gasteiger partial charge in [0.2, 0.25) is 5.91 Å². The molecule has 7 heteroatoms. The second-order valence-corrected chi connectivity index (χ2v) is 5.84. The Balaban J connectivity index is 0.00000132. The molecule has 2 N–H and O–H groups in total. The average molecular weight is 364 g/mol. The number of hydrogen-bond acceptors (Lipinski definition) is 3. The summed E-state index contributed by atoms with van der Waals surface area (Å²) < 4.78 is 14.2. The number of nitrogens with one attached hydrogen (secondary N) is 2. The van der Waals surface area contributed by atoms with Crippen molar-refractivity contribution < 1.29 is 9.18 Å². The predicted octanol–water partition coefficient (Wildman–Crippen LogP) is 3.21. The molecule has 23 heavy (non-hydrogen) atoms. The van der Waals surface area contributed by atoms with Crippen molar-refractivity contribution in [2.24, 2.45) is 5.92 Å². The normalized spacial score (nSPS) is 18.0. The molecule has 1 aromatic rings. The number of piperidine rings is 1. The van der Waals surface area contributed by atoms with Gasteiger partial charge in [0.25, 0.3) is 0 Å². The lowest BCUT2D eigenvalue weighted by Gasteiger charge is -2.25. The van der Waals surface area contributed by atoms with E-state index in [1.54, 1.807) is 6.07 Å². The van der Waals surface area contributed by atoms with Crippen LogP contribution in [0.25, 0.3) is 0 Å². The standard InChI is InChI=1S/C16H22FN3O.2ClH/c17-13-4-3-5-14(20-10-1-2-11-20)15(13)19-16(21)12-6-8-18-9-7-12;;/h3-5,12,18H,1-2,6-11H2,(H,19,21);2*1H. The monoisotopic (exact) mass is 363 g/mol. The number of nitrogens with zero attached hydrogens (tertiary/aromatic N) is 1. The molecule has 0 unspecified atom stereocenters. The Morgan fingerprint density at radius 3 is 2.48 bits per heavy atom. The van der Waals surface area contributed by atoms with Gasteiger partial charge in [0, 0.05) is 19.0 Å². The Bertz CT molecular complexity index is 518. The Kier molecular flexibility index (Phi) is 8.09. The number of anilines is 2. The van der Waals surface area contributed by atoms with Crippen LogP contribution < -0.4 is 15.5 Å². The first kappa shape index (κ1) is 20.0. The van der Waals surface area contributed by atoms with E-state index in [0.29, 0.717) is 5.69 Å². The van der Waals surface area contributed by atoms with Crippen molar-refractivity contribution in [3.8, 4) is 0 Å². The third-order valence-electron chi connectivity index (χ3n) is 4.40. The van der Waals surface area contributed by atoms with Crippen LogP contribution in [0.2, 0.25) is 0 Å². The van der Waals surface area contributed by atoms with Gasteiger partial charge in [-0.15, -0.1) is 24.8 Å². The number of amides is 1. The van der Waals surface area contributed by atoms with Gasteiger partial charge >= 0.3 is 0 Å². The highest BCUT2D eigenvalue weighted by Crippen LogP contribution is 2.32. The molecule has 0 aliphatic carbocycles. The molecule has 0 spiro atoms. The van der Waals surface area contributed by atoms with Crippen LogP contribution >= 0.6 is 24.8 Å². The van der Waals surface area contributed by atoms with E-state index in [2.05, 4.69) is 15.5 Å². The quantitative estimate of drug-likeness (QED) is 0.866. The molecule has 0 saturated carbocycles. The minimum Gasteiger partial charge on any atom is -0.370 e. The van der Waals surface area contributed by atoms with Gasteiger partial charge in [-0.1, -0.05) is 6.07 Å². The number of carbonyl (C=O) groups is 1. The van der Waals surface area contributed by atoms with Crippen molar-refractivity contribution in [2.45, 2.75) is 25.7 Å². The van der Waals surface area contributed by atoms with Crippen molar-refractivity contribution >= 4 is 42.1 Å². The number of halogens is 3. The fraction of sp³-hybridized carbons (Fsp3) is 0.562. The van der Waals surface area contributed by atoms with E-state index in [1.165, 1.54) is 6.07 Å². The first-order valence-corrected chi connectivity index (χ1v) is 7.81. The number of hydrogen-bond donors (Lipinski definition) is 2. The van der Waals surface area contributed by atoms with Gasteiger partial charge in [0.1, 0.15) is 11.5 Å². The summed E-state index contributed by atoms with van der Waals surface area (Å²) >= 11 is 0. The number of carbonyl (C=O) groups excluding carboxylic acids is 1. The van der Waals surface area contributed by atoms with Gasteiger partial charge in [0.15, 0.2) is 0 Å². The van der Waals surface area contributed by atoms with Crippen LogP contribution in [0, 0.1) is 11.7 Å². The van der Waals surface area contributed by atoms with Gasteiger partial charge < -0.3 is 15.5 Å². The second-order valence-electron chi connectivity index (χ2n) is 5.84. The Morgan fingerprint density at radius 2 is 1.83 bits per heavy atom. The maximum atomic E-state index is 14.2. The van der Waals surface area contributed by atoms with E-state index in [1.807, 2.05) is 6.07 Å². The molecule has 2 saturated heterocycles. The fourth-order valence-corrected chi connectivity index (χ4v) is 3.17. The molecule has 3 rings (SSSR count). The lowest BCUT2D eigenvalue weighted by atomic mass is 9.97. The molecular formula is C16H24Cl2FN3O. The number of benzene rings is 1. The first-order chi connectivity index (χ1) is 10.3. The minimum absolute atomic E-state index is 0. The zero-order chi connectivity index (χ0) is 14.7. The molecular weight excluding hydrogens is 340 g/mol. The van der Waals surface area contributed by atoms with E-state index in [-0.39, 0.29) is 42.5 Å². The smallest absolute Gasteiger partial charge is 0.227 e. The third kappa shape index (κ3) is 4.72. The second kappa shape index (κ2) is 9.30. The van der Waals surface area contributed by atoms with Crippen molar-refractivity contribution in [1.82, 2.24) is 5.32 Å². The molecule has 4 nitrogen and oxygen atoms in total. The van der Waals surface area contributed by atoms with Crippen LogP contribution in [-0.2, 0) is 4.79 Å². The Labute approximate surface area is 149 Å². The van der Waals surface area contributed by atoms with Crippen LogP contribution in [0.5, 0.6) is 0 Å². The highest BCUT2D eigenvalue weighted by molar-refractivity contribution is 5.96. The van der Waals surface area contributed by atoms with Crippen molar-refractivity contribution in [1.29, 1.82) is 0 Å². The van der Waals surface area contributed by atoms with Crippen LogP contribution in [0.3, 0.4) is 0 Å². The molecule has 1 amide bonds. The lowest BCUT2D eigenvalue weighted by molar-refractivity contribution is -0.120. The summed E-state index contributed by atoms with van der Waals surface area (Å²) in [5.41, 5.74) is 1.16. The summed E-state index contributed by atoms with van der Waals surface area (Å²) in [6.45, 7) is 3.57. The topological polar surface area (TPSA) is 44.4 Å². The average Bonchev–Trinajstić information content (AvgIpc) is 3.04. The highest BCUT2D eigenvalue weighted by atomic mass is 35.5. The number of rotatable bonds is 3. The van der Waals surface area contributed by atoms with Crippen LogP contribution in [-0.4, -0.2) is 32.1 Å². The Hall–Kier alpha value is -1.04. The van der Waals surface area contributed by atoms with Crippen LogP contribution in [0.4, 0.5) is 15.8 Å². The highest BCUT2D eigenvalue weighted by Gasteiger charge is 2.24. The molecule has 2 heterocycles. The van der Waals surface area contributed by atoms with E-state index in [0.717, 1.165) is 57.5 Å². The summed E-state index contributed by atoms with van der Waals surface area (Å²) in [4.78, 5) is 14.5. The van der Waals surface area contributed by atoms with Gasteiger partial charge in [-0.05, 0) is 50.9 Å². The zero-order valence-electron chi connectivity index (χ0n) is 13.0. The molecule has 0 bridgehead atoms. The summed E-state index contributed by atoms with van der Waals surface area (Å²) in [7, 11) is 0. The van der Waals surface area contributed by atoms with E-state index < -0.39 is 0 Å². The fourth-order valence-electron chi connectivity index (χ4n) is 3.17. The maximum absolute atomic E-state index is 14.2. The third-order valence-corrected chi connectivity index (χ3v) is 4.40. The molecule has 2 aliphatic rings. The Morgan fingerprint density at radius 1 is 1.17 bits per heavy atom. The van der Waals surface area contributed by atoms with Crippen molar-refractivity contribution in [3.63, 3.8) is 0 Å². The van der Waals surface area contributed by atoms with E-state index in [4.69, 9.17) is 0 Å². The van der Waals surface area contributed by atoms with E-state index >= 15 is 0 Å². The lowest BCUT2D eigenvalue weighted by Crippen LogP contribution is -2.35. The molecule has 0 atom stereocenters. The van der Waals surface area contributed by atoms with Gasteiger partial charge in [-0.25, -0.2) is 4.39 Å². The number of para-hydroxylation sites is 1. The van der Waals surface area contributed by atoms with Crippen LogP contribution in [0.15, 0.2) is 18.2 Å². The molecule has 2 fully saturated rings. The van der Waals surface area contributed by atoms with Crippen LogP contribution in [0.1, 0.15) is 25.7 Å². The molecule has 0 radical (unpaired) electrons.